The molecular formula is C27H23N3O2. The lowest BCUT2D eigenvalue weighted by atomic mass is 10.1. The molecule has 5 rings (SSSR count). The van der Waals surface area contributed by atoms with Gasteiger partial charge in [-0.1, -0.05) is 36.4 Å². The van der Waals surface area contributed by atoms with Crippen molar-refractivity contribution in [3.05, 3.63) is 101 Å². The topological polar surface area (TPSA) is 59.9 Å². The van der Waals surface area contributed by atoms with Crippen LogP contribution in [-0.4, -0.2) is 20.6 Å². The van der Waals surface area contributed by atoms with E-state index in [1.807, 2.05) is 98.9 Å². The second-order valence-electron chi connectivity index (χ2n) is 7.91. The van der Waals surface area contributed by atoms with Gasteiger partial charge in [-0.15, -0.1) is 0 Å². The second kappa shape index (κ2) is 8.19. The van der Waals surface area contributed by atoms with Gasteiger partial charge >= 0.3 is 0 Å². The Morgan fingerprint density at radius 3 is 2.56 bits per heavy atom. The smallest absolute Gasteiger partial charge is 0.266 e. The van der Waals surface area contributed by atoms with E-state index in [4.69, 9.17) is 9.72 Å². The lowest BCUT2D eigenvalue weighted by molar-refractivity contribution is 0.242. The van der Waals surface area contributed by atoms with Crippen molar-refractivity contribution in [2.75, 3.05) is 0 Å². The predicted octanol–water partition coefficient (Wildman–Crippen LogP) is 5.82. The third-order valence-electron chi connectivity index (χ3n) is 5.28. The third-order valence-corrected chi connectivity index (χ3v) is 5.28. The molecule has 0 saturated carbocycles. The molecule has 2 aromatic heterocycles. The maximum absolute atomic E-state index is 13.5. The molecule has 32 heavy (non-hydrogen) atoms. The van der Waals surface area contributed by atoms with E-state index in [0.717, 1.165) is 16.5 Å². The summed E-state index contributed by atoms with van der Waals surface area (Å²) in [7, 11) is 0. The number of nitrogens with one attached hydrogen (secondary N) is 1. The summed E-state index contributed by atoms with van der Waals surface area (Å²) in [6.07, 6.45) is 5.87. The van der Waals surface area contributed by atoms with Crippen LogP contribution < -0.4 is 10.3 Å². The average Bonchev–Trinajstić information content (AvgIpc) is 3.21. The van der Waals surface area contributed by atoms with Gasteiger partial charge in [-0.05, 0) is 61.9 Å². The number of aromatic nitrogens is 3. The first kappa shape index (κ1) is 19.8. The predicted molar refractivity (Wildman–Crippen MR) is 130 cm³/mol. The summed E-state index contributed by atoms with van der Waals surface area (Å²) in [5.41, 5.74) is 3.36. The van der Waals surface area contributed by atoms with Crippen LogP contribution in [0, 0.1) is 0 Å². The number of benzene rings is 3. The molecule has 0 atom stereocenters. The van der Waals surface area contributed by atoms with Crippen molar-refractivity contribution in [3.63, 3.8) is 0 Å². The van der Waals surface area contributed by atoms with E-state index in [-0.39, 0.29) is 11.7 Å². The molecule has 5 aromatic rings. The van der Waals surface area contributed by atoms with Crippen LogP contribution >= 0.6 is 0 Å². The van der Waals surface area contributed by atoms with E-state index in [9.17, 15) is 4.79 Å². The number of hydrogen-bond donors (Lipinski definition) is 1. The normalized spacial score (nSPS) is 11.7. The van der Waals surface area contributed by atoms with Crippen molar-refractivity contribution in [1.29, 1.82) is 0 Å². The van der Waals surface area contributed by atoms with Crippen LogP contribution in [0.3, 0.4) is 0 Å². The van der Waals surface area contributed by atoms with Gasteiger partial charge in [-0.3, -0.25) is 9.36 Å². The van der Waals surface area contributed by atoms with Gasteiger partial charge in [0.05, 0.1) is 22.7 Å². The zero-order valence-electron chi connectivity index (χ0n) is 17.9. The van der Waals surface area contributed by atoms with Gasteiger partial charge in [-0.25, -0.2) is 4.98 Å². The number of aromatic amines is 1. The number of hydrogen-bond acceptors (Lipinski definition) is 3. The first-order valence-corrected chi connectivity index (χ1v) is 10.6. The maximum Gasteiger partial charge on any atom is 0.266 e. The van der Waals surface area contributed by atoms with Crippen molar-refractivity contribution in [3.8, 4) is 11.4 Å². The van der Waals surface area contributed by atoms with Crippen LogP contribution in [0.5, 0.6) is 5.75 Å². The number of H-pyrrole nitrogens is 1. The highest BCUT2D eigenvalue weighted by Gasteiger charge is 2.12. The Bertz CT molecular complexity index is 1510. The maximum atomic E-state index is 13.5. The minimum absolute atomic E-state index is 0.0398. The monoisotopic (exact) mass is 421 g/mol. The van der Waals surface area contributed by atoms with E-state index in [1.165, 1.54) is 0 Å². The lowest BCUT2D eigenvalue weighted by Gasteiger charge is -2.14. The van der Waals surface area contributed by atoms with Gasteiger partial charge in [0, 0.05) is 23.2 Å². The molecule has 0 amide bonds. The second-order valence-corrected chi connectivity index (χ2v) is 7.91. The molecule has 1 N–H and O–H groups in total. The Morgan fingerprint density at radius 1 is 0.938 bits per heavy atom. The number of fused-ring (bicyclic) bond motifs is 2. The summed E-state index contributed by atoms with van der Waals surface area (Å²) >= 11 is 0. The van der Waals surface area contributed by atoms with E-state index in [2.05, 4.69) is 11.1 Å². The number of para-hydroxylation sites is 2. The number of rotatable bonds is 5. The minimum atomic E-state index is -0.115. The molecule has 0 saturated heterocycles. The van der Waals surface area contributed by atoms with Gasteiger partial charge in [-0.2, -0.15) is 0 Å². The largest absolute Gasteiger partial charge is 0.491 e. The zero-order chi connectivity index (χ0) is 22.1. The Kier molecular flexibility index (Phi) is 5.07. The fourth-order valence-corrected chi connectivity index (χ4v) is 3.88. The summed E-state index contributed by atoms with van der Waals surface area (Å²) in [6.45, 7) is 3.96. The quantitative estimate of drug-likeness (QED) is 0.389. The van der Waals surface area contributed by atoms with Crippen molar-refractivity contribution in [2.24, 2.45) is 0 Å². The highest BCUT2D eigenvalue weighted by atomic mass is 16.5. The minimum Gasteiger partial charge on any atom is -0.491 e. The molecule has 0 unspecified atom stereocenters. The molecule has 0 bridgehead atoms. The number of ether oxygens (including phenoxy) is 1. The Hall–Kier alpha value is -4.12. The van der Waals surface area contributed by atoms with Crippen LogP contribution in [0.2, 0.25) is 0 Å². The molecule has 5 nitrogen and oxygen atoms in total. The third kappa shape index (κ3) is 3.69. The summed E-state index contributed by atoms with van der Waals surface area (Å²) in [5.74, 6) is 1.27. The molecule has 5 heteroatoms. The highest BCUT2D eigenvalue weighted by molar-refractivity contribution is 5.91. The summed E-state index contributed by atoms with van der Waals surface area (Å²) < 4.78 is 7.49. The van der Waals surface area contributed by atoms with E-state index < -0.39 is 0 Å². The zero-order valence-corrected chi connectivity index (χ0v) is 17.9. The molecule has 3 aromatic carbocycles. The summed E-state index contributed by atoms with van der Waals surface area (Å²) in [6, 6.07) is 23.1. The molecule has 0 aliphatic heterocycles. The van der Waals surface area contributed by atoms with Gasteiger partial charge in [0.2, 0.25) is 0 Å². The molecule has 0 radical (unpaired) electrons. The van der Waals surface area contributed by atoms with Crippen LogP contribution in [0.25, 0.3) is 39.6 Å². The molecule has 2 heterocycles. The average molecular weight is 422 g/mol. The van der Waals surface area contributed by atoms with E-state index in [1.54, 1.807) is 4.57 Å². The van der Waals surface area contributed by atoms with E-state index >= 15 is 0 Å². The SMILES string of the molecule is CC(C)Oc1cccc(-n2c(/C=C/c3c[nH]c4ccccc34)nc3ccccc3c2=O)c1. The molecule has 0 aliphatic rings. The summed E-state index contributed by atoms with van der Waals surface area (Å²) in [4.78, 5) is 21.6. The first-order valence-electron chi connectivity index (χ1n) is 10.6. The molecule has 0 fully saturated rings. The summed E-state index contributed by atoms with van der Waals surface area (Å²) in [5, 5.41) is 1.69. The van der Waals surface area contributed by atoms with Crippen molar-refractivity contribution in [1.82, 2.24) is 14.5 Å². The highest BCUT2D eigenvalue weighted by Crippen LogP contribution is 2.22. The molecule has 158 valence electrons. The van der Waals surface area contributed by atoms with E-state index in [0.29, 0.717) is 28.2 Å². The fourth-order valence-electron chi connectivity index (χ4n) is 3.88. The van der Waals surface area contributed by atoms with Crippen LogP contribution in [-0.2, 0) is 0 Å². The Morgan fingerprint density at radius 2 is 1.72 bits per heavy atom. The molecule has 0 aliphatic carbocycles. The fraction of sp³-hybridized carbons (Fsp3) is 0.111. The van der Waals surface area contributed by atoms with Gasteiger partial charge in [0.25, 0.3) is 5.56 Å². The molecule has 0 spiro atoms. The standard InChI is InChI=1S/C27H23N3O2/c1-18(2)32-21-9-7-8-20(16-21)30-26(29-25-13-6-4-11-23(25)27(30)31)15-14-19-17-28-24-12-5-3-10-22(19)24/h3-18,28H,1-2H3/b15-14+. The van der Waals surface area contributed by atoms with Crippen LogP contribution in [0.1, 0.15) is 25.2 Å². The van der Waals surface area contributed by atoms with Crippen molar-refractivity contribution < 1.29 is 4.74 Å². The van der Waals surface area contributed by atoms with Crippen molar-refractivity contribution in [2.45, 2.75) is 20.0 Å². The van der Waals surface area contributed by atoms with Gasteiger partial charge in [0.1, 0.15) is 11.6 Å². The Balaban J connectivity index is 1.69. The Labute approximate surface area is 185 Å². The lowest BCUT2D eigenvalue weighted by Crippen LogP contribution is -2.22. The van der Waals surface area contributed by atoms with Gasteiger partial charge in [0.15, 0.2) is 0 Å². The molecular weight excluding hydrogens is 398 g/mol. The van der Waals surface area contributed by atoms with Crippen LogP contribution in [0.4, 0.5) is 0 Å². The van der Waals surface area contributed by atoms with Crippen LogP contribution in [0.15, 0.2) is 83.8 Å². The van der Waals surface area contributed by atoms with Gasteiger partial charge < -0.3 is 9.72 Å². The van der Waals surface area contributed by atoms with Crippen molar-refractivity contribution >= 4 is 34.0 Å². The number of nitrogens with zero attached hydrogens (tertiary/aromatic N) is 2. The first-order chi connectivity index (χ1) is 15.6.